The molecule has 0 amide bonds. The van der Waals surface area contributed by atoms with Crippen molar-refractivity contribution in [2.75, 3.05) is 0 Å². The van der Waals surface area contributed by atoms with Gasteiger partial charge in [-0.1, -0.05) is 0 Å². The number of hydrogen-bond donors (Lipinski definition) is 1. The SMILES string of the molecule is CCn1cncc1-c1ncc(C(=O)O)s1. The summed E-state index contributed by atoms with van der Waals surface area (Å²) < 4.78 is 1.92. The van der Waals surface area contributed by atoms with Crippen LogP contribution in [0, 0.1) is 0 Å². The molecule has 0 radical (unpaired) electrons. The maximum atomic E-state index is 10.7. The number of carboxylic acids is 1. The smallest absolute Gasteiger partial charge is 0.347 e. The van der Waals surface area contributed by atoms with E-state index in [1.165, 1.54) is 6.20 Å². The molecule has 0 saturated heterocycles. The third kappa shape index (κ3) is 1.75. The Hall–Kier alpha value is -1.69. The molecule has 0 saturated carbocycles. The average Bonchev–Trinajstić information content (AvgIpc) is 2.85. The summed E-state index contributed by atoms with van der Waals surface area (Å²) in [5.74, 6) is -0.943. The fourth-order valence-electron chi connectivity index (χ4n) is 1.24. The normalized spacial score (nSPS) is 10.5. The molecule has 0 aliphatic carbocycles. The van der Waals surface area contributed by atoms with Crippen molar-refractivity contribution in [1.82, 2.24) is 14.5 Å². The van der Waals surface area contributed by atoms with Crippen LogP contribution >= 0.6 is 11.3 Å². The molecule has 5 nitrogen and oxygen atoms in total. The van der Waals surface area contributed by atoms with Gasteiger partial charge in [-0.3, -0.25) is 0 Å². The predicted octanol–water partition coefficient (Wildman–Crippen LogP) is 1.72. The van der Waals surface area contributed by atoms with Crippen LogP contribution in [0.25, 0.3) is 10.7 Å². The Labute approximate surface area is 90.0 Å². The molecule has 2 heterocycles. The lowest BCUT2D eigenvalue weighted by atomic mass is 10.5. The van der Waals surface area contributed by atoms with E-state index in [2.05, 4.69) is 9.97 Å². The lowest BCUT2D eigenvalue weighted by molar-refractivity contribution is 0.0702. The van der Waals surface area contributed by atoms with Crippen molar-refractivity contribution >= 4 is 17.3 Å². The Morgan fingerprint density at radius 2 is 2.40 bits per heavy atom. The molecule has 0 aliphatic heterocycles. The van der Waals surface area contributed by atoms with E-state index in [9.17, 15) is 4.79 Å². The number of aryl methyl sites for hydroxylation is 1. The van der Waals surface area contributed by atoms with Gasteiger partial charge in [0.05, 0.1) is 24.4 Å². The fraction of sp³-hybridized carbons (Fsp3) is 0.222. The van der Waals surface area contributed by atoms with Crippen LogP contribution in [0.4, 0.5) is 0 Å². The fourth-order valence-corrected chi connectivity index (χ4v) is 2.02. The molecule has 6 heteroatoms. The molecular formula is C9H9N3O2S. The van der Waals surface area contributed by atoms with E-state index in [1.54, 1.807) is 12.5 Å². The Balaban J connectivity index is 2.41. The standard InChI is InChI=1S/C9H9N3O2S/c1-2-12-5-10-3-6(12)8-11-4-7(15-8)9(13)14/h3-5H,2H2,1H3,(H,13,14). The number of rotatable bonds is 3. The van der Waals surface area contributed by atoms with E-state index in [0.29, 0.717) is 5.01 Å². The lowest BCUT2D eigenvalue weighted by Crippen LogP contribution is -1.93. The molecule has 15 heavy (non-hydrogen) atoms. The average molecular weight is 223 g/mol. The topological polar surface area (TPSA) is 68.0 Å². The van der Waals surface area contributed by atoms with Gasteiger partial charge in [-0.15, -0.1) is 11.3 Å². The van der Waals surface area contributed by atoms with Crippen LogP contribution in [0.3, 0.4) is 0 Å². The highest BCUT2D eigenvalue weighted by Gasteiger charge is 2.12. The minimum atomic E-state index is -0.943. The summed E-state index contributed by atoms with van der Waals surface area (Å²) in [4.78, 5) is 19.0. The molecule has 0 unspecified atom stereocenters. The van der Waals surface area contributed by atoms with Crippen LogP contribution in [0.5, 0.6) is 0 Å². The molecular weight excluding hydrogens is 214 g/mol. The second-order valence-corrected chi connectivity index (χ2v) is 3.93. The van der Waals surface area contributed by atoms with Crippen molar-refractivity contribution in [3.8, 4) is 10.7 Å². The van der Waals surface area contributed by atoms with Crippen molar-refractivity contribution in [3.05, 3.63) is 23.6 Å². The quantitative estimate of drug-likeness (QED) is 0.860. The van der Waals surface area contributed by atoms with E-state index in [4.69, 9.17) is 5.11 Å². The molecule has 0 spiro atoms. The Morgan fingerprint density at radius 1 is 1.60 bits per heavy atom. The number of aromatic carboxylic acids is 1. The number of hydrogen-bond acceptors (Lipinski definition) is 4. The van der Waals surface area contributed by atoms with Gasteiger partial charge in [-0.2, -0.15) is 0 Å². The Morgan fingerprint density at radius 3 is 3.00 bits per heavy atom. The number of imidazole rings is 1. The van der Waals surface area contributed by atoms with Gasteiger partial charge < -0.3 is 9.67 Å². The van der Waals surface area contributed by atoms with E-state index < -0.39 is 5.97 Å². The van der Waals surface area contributed by atoms with Gasteiger partial charge in [0, 0.05) is 6.54 Å². The minimum absolute atomic E-state index is 0.244. The first-order chi connectivity index (χ1) is 7.22. The van der Waals surface area contributed by atoms with E-state index >= 15 is 0 Å². The zero-order chi connectivity index (χ0) is 10.8. The number of nitrogens with zero attached hydrogens (tertiary/aromatic N) is 3. The van der Waals surface area contributed by atoms with Crippen LogP contribution in [0.15, 0.2) is 18.7 Å². The zero-order valence-corrected chi connectivity index (χ0v) is 8.86. The largest absolute Gasteiger partial charge is 0.477 e. The minimum Gasteiger partial charge on any atom is -0.477 e. The second kappa shape index (κ2) is 3.82. The summed E-state index contributed by atoms with van der Waals surface area (Å²) in [5.41, 5.74) is 0.856. The first kappa shape index (κ1) is 9.85. The Kier molecular flexibility index (Phi) is 2.51. The molecule has 2 aromatic heterocycles. The molecule has 2 aromatic rings. The molecule has 1 N–H and O–H groups in total. The molecule has 0 atom stereocenters. The molecule has 0 bridgehead atoms. The van der Waals surface area contributed by atoms with Gasteiger partial charge in [0.2, 0.25) is 0 Å². The monoisotopic (exact) mass is 223 g/mol. The summed E-state index contributed by atoms with van der Waals surface area (Å²) >= 11 is 1.16. The van der Waals surface area contributed by atoms with Crippen molar-refractivity contribution in [2.45, 2.75) is 13.5 Å². The van der Waals surface area contributed by atoms with Gasteiger partial charge in [-0.05, 0) is 6.92 Å². The van der Waals surface area contributed by atoms with Crippen molar-refractivity contribution in [3.63, 3.8) is 0 Å². The highest BCUT2D eigenvalue weighted by Crippen LogP contribution is 2.24. The van der Waals surface area contributed by atoms with Crippen LogP contribution in [0.1, 0.15) is 16.6 Å². The van der Waals surface area contributed by atoms with E-state index in [-0.39, 0.29) is 4.88 Å². The Bertz CT molecular complexity index is 489. The highest BCUT2D eigenvalue weighted by atomic mass is 32.1. The third-order valence-electron chi connectivity index (χ3n) is 1.99. The number of aromatic nitrogens is 3. The van der Waals surface area contributed by atoms with Gasteiger partial charge >= 0.3 is 5.97 Å². The van der Waals surface area contributed by atoms with Gasteiger partial charge in [0.1, 0.15) is 9.88 Å². The van der Waals surface area contributed by atoms with Crippen molar-refractivity contribution < 1.29 is 9.90 Å². The summed E-state index contributed by atoms with van der Waals surface area (Å²) in [6, 6.07) is 0. The molecule has 0 aliphatic rings. The number of carbonyl (C=O) groups is 1. The summed E-state index contributed by atoms with van der Waals surface area (Å²) in [6.07, 6.45) is 4.76. The van der Waals surface area contributed by atoms with Crippen molar-refractivity contribution in [2.24, 2.45) is 0 Å². The van der Waals surface area contributed by atoms with Crippen LogP contribution < -0.4 is 0 Å². The molecule has 2 rings (SSSR count). The number of thiazole rings is 1. The highest BCUT2D eigenvalue weighted by molar-refractivity contribution is 7.16. The first-order valence-corrected chi connectivity index (χ1v) is 5.23. The maximum absolute atomic E-state index is 10.7. The zero-order valence-electron chi connectivity index (χ0n) is 8.04. The van der Waals surface area contributed by atoms with E-state index in [0.717, 1.165) is 23.6 Å². The van der Waals surface area contributed by atoms with Crippen LogP contribution in [0.2, 0.25) is 0 Å². The summed E-state index contributed by atoms with van der Waals surface area (Å²) in [6.45, 7) is 2.79. The number of carboxylic acid groups (broad SMARTS) is 1. The van der Waals surface area contributed by atoms with Gasteiger partial charge in [-0.25, -0.2) is 14.8 Å². The first-order valence-electron chi connectivity index (χ1n) is 4.42. The van der Waals surface area contributed by atoms with Crippen LogP contribution in [-0.4, -0.2) is 25.6 Å². The maximum Gasteiger partial charge on any atom is 0.347 e. The van der Waals surface area contributed by atoms with Crippen LogP contribution in [-0.2, 0) is 6.54 Å². The molecule has 0 fully saturated rings. The summed E-state index contributed by atoms with van der Waals surface area (Å²) in [7, 11) is 0. The molecule has 78 valence electrons. The van der Waals surface area contributed by atoms with Gasteiger partial charge in [0.25, 0.3) is 0 Å². The molecule has 0 aromatic carbocycles. The lowest BCUT2D eigenvalue weighted by Gasteiger charge is -1.99. The van der Waals surface area contributed by atoms with Gasteiger partial charge in [0.15, 0.2) is 0 Å². The second-order valence-electron chi connectivity index (χ2n) is 2.90. The van der Waals surface area contributed by atoms with Crippen molar-refractivity contribution in [1.29, 1.82) is 0 Å². The predicted molar refractivity (Wildman–Crippen MR) is 56.0 cm³/mol. The third-order valence-corrected chi connectivity index (χ3v) is 3.00. The van der Waals surface area contributed by atoms with E-state index in [1.807, 2.05) is 11.5 Å². The summed E-state index contributed by atoms with van der Waals surface area (Å²) in [5, 5.41) is 9.46.